The van der Waals surface area contributed by atoms with Crippen LogP contribution in [0, 0.1) is 6.92 Å². The van der Waals surface area contributed by atoms with Crippen molar-refractivity contribution in [2.24, 2.45) is 0 Å². The zero-order valence-corrected chi connectivity index (χ0v) is 13.4. The molecule has 0 N–H and O–H groups in total. The lowest BCUT2D eigenvalue weighted by molar-refractivity contribution is -0.133. The van der Waals surface area contributed by atoms with Crippen molar-refractivity contribution in [1.29, 1.82) is 0 Å². The molecule has 0 unspecified atom stereocenters. The Morgan fingerprint density at radius 3 is 1.92 bits per heavy atom. The number of hydrogen-bond acceptors (Lipinski definition) is 4. The van der Waals surface area contributed by atoms with E-state index in [1.165, 1.54) is 4.90 Å². The molecule has 1 fully saturated rings. The molecule has 2 aliphatic heterocycles. The predicted octanol–water partition coefficient (Wildman–Crippen LogP) is 1.57. The van der Waals surface area contributed by atoms with Crippen molar-refractivity contribution in [2.45, 2.75) is 19.0 Å². The first-order chi connectivity index (χ1) is 12.0. The number of nitrogens with zero attached hydrogens (tertiary/aromatic N) is 2. The highest BCUT2D eigenvalue weighted by atomic mass is 16.2. The van der Waals surface area contributed by atoms with E-state index < -0.39 is 29.8 Å². The SMILES string of the molecule is Cc1ccc(N2C(=O)[C@@H](N3C(=O)c4ccccc4C3=O)[C@@H]2C=O)cc1. The van der Waals surface area contributed by atoms with Gasteiger partial charge >= 0.3 is 0 Å². The zero-order valence-electron chi connectivity index (χ0n) is 13.4. The van der Waals surface area contributed by atoms with Gasteiger partial charge in [0.05, 0.1) is 11.1 Å². The number of carbonyl (C=O) groups excluding carboxylic acids is 4. The predicted molar refractivity (Wildman–Crippen MR) is 89.2 cm³/mol. The third kappa shape index (κ3) is 2.04. The number of rotatable bonds is 3. The van der Waals surface area contributed by atoms with Crippen molar-refractivity contribution in [1.82, 2.24) is 4.90 Å². The van der Waals surface area contributed by atoms with Gasteiger partial charge in [-0.25, -0.2) is 0 Å². The summed E-state index contributed by atoms with van der Waals surface area (Å²) in [5.41, 5.74) is 2.12. The second kappa shape index (κ2) is 5.37. The summed E-state index contributed by atoms with van der Waals surface area (Å²) >= 11 is 0. The fourth-order valence-corrected chi connectivity index (χ4v) is 3.36. The molecule has 0 saturated carbocycles. The molecule has 2 aromatic rings. The summed E-state index contributed by atoms with van der Waals surface area (Å²) in [7, 11) is 0. The van der Waals surface area contributed by atoms with Gasteiger partial charge in [0.2, 0.25) is 0 Å². The molecule has 124 valence electrons. The molecule has 25 heavy (non-hydrogen) atoms. The van der Waals surface area contributed by atoms with Gasteiger partial charge < -0.3 is 4.79 Å². The summed E-state index contributed by atoms with van der Waals surface area (Å²) in [5.74, 6) is -1.50. The van der Waals surface area contributed by atoms with Gasteiger partial charge in [0.15, 0.2) is 0 Å². The van der Waals surface area contributed by atoms with Crippen molar-refractivity contribution >= 4 is 29.7 Å². The molecule has 6 nitrogen and oxygen atoms in total. The number of fused-ring (bicyclic) bond motifs is 1. The Bertz CT molecular complexity index is 884. The largest absolute Gasteiger partial charge is 0.301 e. The lowest BCUT2D eigenvalue weighted by Crippen LogP contribution is -2.72. The maximum Gasteiger partial charge on any atom is 0.262 e. The molecule has 0 aliphatic carbocycles. The monoisotopic (exact) mass is 334 g/mol. The summed E-state index contributed by atoms with van der Waals surface area (Å²) in [5, 5.41) is 0. The normalized spacial score (nSPS) is 22.0. The second-order valence-corrected chi connectivity index (χ2v) is 6.14. The number of carbonyl (C=O) groups is 4. The minimum Gasteiger partial charge on any atom is -0.301 e. The average molecular weight is 334 g/mol. The third-order valence-corrected chi connectivity index (χ3v) is 4.67. The van der Waals surface area contributed by atoms with Crippen molar-refractivity contribution in [3.8, 4) is 0 Å². The number of β-lactam (4-membered cyclic amide) rings is 1. The molecular weight excluding hydrogens is 320 g/mol. The minimum atomic E-state index is -1.09. The number of hydrogen-bond donors (Lipinski definition) is 0. The Morgan fingerprint density at radius 1 is 0.840 bits per heavy atom. The lowest BCUT2D eigenvalue weighted by atomic mass is 9.93. The van der Waals surface area contributed by atoms with Crippen LogP contribution < -0.4 is 4.90 Å². The van der Waals surface area contributed by atoms with Crippen LogP contribution in [-0.4, -0.2) is 41.0 Å². The summed E-state index contributed by atoms with van der Waals surface area (Å²) in [6.45, 7) is 1.92. The average Bonchev–Trinajstić information content (AvgIpc) is 2.87. The van der Waals surface area contributed by atoms with E-state index in [0.717, 1.165) is 10.5 Å². The zero-order chi connectivity index (χ0) is 17.7. The first-order valence-electron chi connectivity index (χ1n) is 7.86. The smallest absolute Gasteiger partial charge is 0.262 e. The highest BCUT2D eigenvalue weighted by molar-refractivity contribution is 6.25. The van der Waals surface area contributed by atoms with Gasteiger partial charge in [-0.2, -0.15) is 0 Å². The Morgan fingerprint density at radius 2 is 1.40 bits per heavy atom. The first kappa shape index (κ1) is 15.3. The minimum absolute atomic E-state index is 0.263. The highest BCUT2D eigenvalue weighted by Crippen LogP contribution is 2.35. The molecular formula is C19H14N2O4. The second-order valence-electron chi connectivity index (χ2n) is 6.14. The van der Waals surface area contributed by atoms with Gasteiger partial charge in [-0.15, -0.1) is 0 Å². The molecule has 3 amide bonds. The number of benzene rings is 2. The van der Waals surface area contributed by atoms with Crippen LogP contribution in [-0.2, 0) is 9.59 Å². The summed E-state index contributed by atoms with van der Waals surface area (Å²) in [6, 6.07) is 11.6. The van der Waals surface area contributed by atoms with Crippen LogP contribution in [0.15, 0.2) is 48.5 Å². The standard InChI is InChI=1S/C19H14N2O4/c1-11-6-8-12(9-7-11)20-15(10-22)16(19(20)25)21-17(23)13-4-2-3-5-14(13)18(21)24/h2-10,15-16H,1H3/t15-,16-/m0/s1. The topological polar surface area (TPSA) is 74.8 Å². The molecule has 4 rings (SSSR count). The molecule has 0 spiro atoms. The molecule has 0 aromatic heterocycles. The van der Waals surface area contributed by atoms with Crippen molar-refractivity contribution in [3.05, 3.63) is 65.2 Å². The van der Waals surface area contributed by atoms with Gasteiger partial charge in [0.25, 0.3) is 17.7 Å². The van der Waals surface area contributed by atoms with E-state index in [9.17, 15) is 19.2 Å². The number of imide groups is 1. The van der Waals surface area contributed by atoms with E-state index in [1.807, 2.05) is 19.1 Å². The van der Waals surface area contributed by atoms with E-state index >= 15 is 0 Å². The van der Waals surface area contributed by atoms with Crippen LogP contribution in [0.5, 0.6) is 0 Å². The van der Waals surface area contributed by atoms with Crippen molar-refractivity contribution < 1.29 is 19.2 Å². The van der Waals surface area contributed by atoms with E-state index in [4.69, 9.17) is 0 Å². The fourth-order valence-electron chi connectivity index (χ4n) is 3.36. The molecule has 2 aliphatic rings. The van der Waals surface area contributed by atoms with E-state index in [2.05, 4.69) is 0 Å². The van der Waals surface area contributed by atoms with E-state index in [1.54, 1.807) is 36.4 Å². The Labute approximate surface area is 143 Å². The van der Waals surface area contributed by atoms with Gasteiger partial charge in [-0.1, -0.05) is 29.8 Å². The van der Waals surface area contributed by atoms with Gasteiger partial charge in [0.1, 0.15) is 18.4 Å². The fraction of sp³-hybridized carbons (Fsp3) is 0.158. The summed E-state index contributed by atoms with van der Waals surface area (Å²) < 4.78 is 0. The molecule has 0 bridgehead atoms. The van der Waals surface area contributed by atoms with Crippen LogP contribution >= 0.6 is 0 Å². The number of aldehydes is 1. The summed E-state index contributed by atoms with van der Waals surface area (Å²) in [4.78, 5) is 51.6. The Kier molecular flexibility index (Phi) is 3.28. The van der Waals surface area contributed by atoms with E-state index in [0.29, 0.717) is 12.0 Å². The van der Waals surface area contributed by atoms with Crippen LogP contribution in [0.1, 0.15) is 26.3 Å². The van der Waals surface area contributed by atoms with Gasteiger partial charge in [0, 0.05) is 5.69 Å². The number of anilines is 1. The number of aryl methyl sites for hydroxylation is 1. The lowest BCUT2D eigenvalue weighted by Gasteiger charge is -2.46. The molecule has 0 radical (unpaired) electrons. The molecule has 2 heterocycles. The quantitative estimate of drug-likeness (QED) is 0.485. The maximum absolute atomic E-state index is 12.7. The summed E-state index contributed by atoms with van der Waals surface area (Å²) in [6.07, 6.45) is 0.607. The van der Waals surface area contributed by atoms with Crippen molar-refractivity contribution in [2.75, 3.05) is 4.90 Å². The van der Waals surface area contributed by atoms with Crippen LogP contribution in [0.25, 0.3) is 0 Å². The number of amides is 3. The van der Waals surface area contributed by atoms with Crippen LogP contribution in [0.3, 0.4) is 0 Å². The van der Waals surface area contributed by atoms with Gasteiger partial charge in [-0.3, -0.25) is 24.2 Å². The molecule has 1 saturated heterocycles. The Hall–Kier alpha value is -3.28. The highest BCUT2D eigenvalue weighted by Gasteiger charge is 2.56. The van der Waals surface area contributed by atoms with Gasteiger partial charge in [-0.05, 0) is 31.2 Å². The van der Waals surface area contributed by atoms with Crippen LogP contribution in [0.4, 0.5) is 5.69 Å². The molecule has 2 atom stereocenters. The molecule has 2 aromatic carbocycles. The van der Waals surface area contributed by atoms with E-state index in [-0.39, 0.29) is 11.1 Å². The molecule has 6 heteroatoms. The van der Waals surface area contributed by atoms with Crippen molar-refractivity contribution in [3.63, 3.8) is 0 Å². The van der Waals surface area contributed by atoms with Crippen LogP contribution in [0.2, 0.25) is 0 Å². The maximum atomic E-state index is 12.7. The third-order valence-electron chi connectivity index (χ3n) is 4.67. The first-order valence-corrected chi connectivity index (χ1v) is 7.86. The Balaban J connectivity index is 1.68.